The zero-order chi connectivity index (χ0) is 18.6. The minimum atomic E-state index is -1.63. The molecular formula is C16H18F2N4O2S2. The van der Waals surface area contributed by atoms with E-state index in [1.54, 1.807) is 0 Å². The number of aromatic nitrogens is 3. The molecule has 1 aromatic carbocycles. The summed E-state index contributed by atoms with van der Waals surface area (Å²) in [6, 6.07) is 3.13. The Kier molecular flexibility index (Phi) is 6.17. The van der Waals surface area contributed by atoms with Crippen molar-refractivity contribution in [3.8, 4) is 0 Å². The summed E-state index contributed by atoms with van der Waals surface area (Å²) in [7, 11) is 0. The summed E-state index contributed by atoms with van der Waals surface area (Å²) in [5.41, 5.74) is -1.64. The third-order valence-corrected chi connectivity index (χ3v) is 5.77. The second-order valence-electron chi connectivity index (χ2n) is 5.90. The molecule has 3 rings (SSSR count). The lowest BCUT2D eigenvalue weighted by Crippen LogP contribution is -2.41. The molecule has 1 aromatic heterocycles. The van der Waals surface area contributed by atoms with Crippen LogP contribution in [0.1, 0.15) is 5.56 Å². The fourth-order valence-corrected chi connectivity index (χ4v) is 4.01. The molecule has 1 aliphatic heterocycles. The molecular weight excluding hydrogens is 382 g/mol. The van der Waals surface area contributed by atoms with Gasteiger partial charge in [-0.15, -0.1) is 0 Å². The van der Waals surface area contributed by atoms with Crippen LogP contribution < -0.4 is 0 Å². The molecule has 140 valence electrons. The van der Waals surface area contributed by atoms with Crippen molar-refractivity contribution >= 4 is 28.3 Å². The first-order valence-corrected chi connectivity index (χ1v) is 9.37. The van der Waals surface area contributed by atoms with Gasteiger partial charge in [-0.2, -0.15) is 5.10 Å². The van der Waals surface area contributed by atoms with E-state index in [1.165, 1.54) is 35.2 Å². The van der Waals surface area contributed by atoms with Crippen molar-refractivity contribution in [2.75, 3.05) is 32.1 Å². The van der Waals surface area contributed by atoms with Gasteiger partial charge >= 0.3 is 0 Å². The summed E-state index contributed by atoms with van der Waals surface area (Å²) < 4.78 is 34.9. The Hall–Kier alpha value is -1.62. The van der Waals surface area contributed by atoms with Gasteiger partial charge in [-0.25, -0.2) is 18.4 Å². The number of hydrogen-bond donors (Lipinski definition) is 1. The van der Waals surface area contributed by atoms with Gasteiger partial charge in [0.05, 0.1) is 19.8 Å². The second kappa shape index (κ2) is 8.38. The van der Waals surface area contributed by atoms with E-state index in [1.807, 2.05) is 4.90 Å². The highest BCUT2D eigenvalue weighted by atomic mass is 32.2. The lowest BCUT2D eigenvalue weighted by molar-refractivity contribution is 0.0361. The third-order valence-electron chi connectivity index (χ3n) is 4.03. The quantitative estimate of drug-likeness (QED) is 0.768. The van der Waals surface area contributed by atoms with Crippen molar-refractivity contribution in [1.29, 1.82) is 0 Å². The van der Waals surface area contributed by atoms with Crippen LogP contribution in [-0.2, 0) is 16.9 Å². The number of rotatable bonds is 5. The highest BCUT2D eigenvalue weighted by molar-refractivity contribution is 8.22. The van der Waals surface area contributed by atoms with Crippen LogP contribution in [0.25, 0.3) is 0 Å². The molecule has 1 atom stereocenters. The van der Waals surface area contributed by atoms with Gasteiger partial charge in [-0.3, -0.25) is 0 Å². The fraction of sp³-hybridized carbons (Fsp3) is 0.438. The molecule has 1 unspecified atom stereocenters. The van der Waals surface area contributed by atoms with Gasteiger partial charge < -0.3 is 14.7 Å². The van der Waals surface area contributed by atoms with E-state index in [-0.39, 0.29) is 17.9 Å². The Morgan fingerprint density at radius 2 is 2.12 bits per heavy atom. The summed E-state index contributed by atoms with van der Waals surface area (Å²) in [4.78, 5) is 5.82. The molecule has 0 saturated carbocycles. The van der Waals surface area contributed by atoms with Crippen LogP contribution >= 0.6 is 24.0 Å². The number of hydrogen-bond acceptors (Lipinski definition) is 6. The molecule has 2 aromatic rings. The van der Waals surface area contributed by atoms with E-state index in [4.69, 9.17) is 17.0 Å². The van der Waals surface area contributed by atoms with Crippen LogP contribution in [0, 0.1) is 11.6 Å². The summed E-state index contributed by atoms with van der Waals surface area (Å²) >= 11 is 6.68. The fourth-order valence-electron chi connectivity index (χ4n) is 2.68. The van der Waals surface area contributed by atoms with Crippen LogP contribution in [0.4, 0.5) is 8.78 Å². The van der Waals surface area contributed by atoms with Crippen LogP contribution in [0.3, 0.4) is 0 Å². The highest BCUT2D eigenvalue weighted by Crippen LogP contribution is 2.31. The minimum absolute atomic E-state index is 0.00771. The molecule has 0 spiro atoms. The first-order chi connectivity index (χ1) is 12.5. The number of nitrogens with zero attached hydrogens (tertiary/aromatic N) is 4. The molecule has 0 radical (unpaired) electrons. The summed E-state index contributed by atoms with van der Waals surface area (Å²) in [5.74, 6) is -1.43. The molecule has 10 heteroatoms. The van der Waals surface area contributed by atoms with Crippen molar-refractivity contribution in [1.82, 2.24) is 19.7 Å². The predicted molar refractivity (Wildman–Crippen MR) is 97.7 cm³/mol. The molecule has 0 amide bonds. The smallest absolute Gasteiger partial charge is 0.137 e. The zero-order valence-electron chi connectivity index (χ0n) is 13.8. The Bertz CT molecular complexity index is 757. The van der Waals surface area contributed by atoms with Gasteiger partial charge in [0.1, 0.15) is 34.2 Å². The van der Waals surface area contributed by atoms with Crippen molar-refractivity contribution in [2.45, 2.75) is 12.1 Å². The lowest BCUT2D eigenvalue weighted by atomic mass is 9.95. The largest absolute Gasteiger partial charge is 0.382 e. The predicted octanol–water partition coefficient (Wildman–Crippen LogP) is 1.79. The molecule has 1 saturated heterocycles. The normalized spacial score (nSPS) is 17.1. The van der Waals surface area contributed by atoms with Crippen molar-refractivity contribution in [2.24, 2.45) is 0 Å². The molecule has 6 nitrogen and oxygen atoms in total. The molecule has 0 bridgehead atoms. The topological polar surface area (TPSA) is 63.4 Å². The van der Waals surface area contributed by atoms with Gasteiger partial charge in [0, 0.05) is 30.5 Å². The van der Waals surface area contributed by atoms with Crippen molar-refractivity contribution in [3.05, 3.63) is 48.1 Å². The highest BCUT2D eigenvalue weighted by Gasteiger charge is 2.34. The van der Waals surface area contributed by atoms with Gasteiger partial charge in [-0.1, -0.05) is 30.0 Å². The van der Waals surface area contributed by atoms with Gasteiger partial charge in [0.25, 0.3) is 0 Å². The number of aliphatic hydroxyl groups is 1. The van der Waals surface area contributed by atoms with Crippen molar-refractivity contribution < 1.29 is 18.6 Å². The van der Waals surface area contributed by atoms with Crippen LogP contribution in [0.5, 0.6) is 0 Å². The molecule has 0 aliphatic carbocycles. The maximum atomic E-state index is 14.3. The Morgan fingerprint density at radius 1 is 1.35 bits per heavy atom. The maximum Gasteiger partial charge on any atom is 0.137 e. The molecule has 1 aliphatic rings. The third kappa shape index (κ3) is 4.56. The molecule has 2 heterocycles. The number of benzene rings is 1. The Morgan fingerprint density at radius 3 is 2.77 bits per heavy atom. The summed E-state index contributed by atoms with van der Waals surface area (Å²) in [6.45, 7) is 2.51. The standard InChI is InChI=1S/C16H18F2N4O2S2/c17-12-1-2-13(14(18)7-12)16(23,8-22-11-19-10-20-22)9-26-15(25)21-3-5-24-6-4-21/h1-2,7,10-11,23H,3-6,8-9H2. The average Bonchev–Trinajstić information content (AvgIpc) is 3.13. The maximum absolute atomic E-state index is 14.3. The van der Waals surface area contributed by atoms with E-state index < -0.39 is 17.2 Å². The number of ether oxygens (including phenoxy) is 1. The average molecular weight is 400 g/mol. The number of halogens is 2. The van der Waals surface area contributed by atoms with Crippen molar-refractivity contribution in [3.63, 3.8) is 0 Å². The van der Waals surface area contributed by atoms with Crippen LogP contribution in [0.2, 0.25) is 0 Å². The molecule has 26 heavy (non-hydrogen) atoms. The minimum Gasteiger partial charge on any atom is -0.382 e. The first kappa shape index (κ1) is 19.2. The lowest BCUT2D eigenvalue weighted by Gasteiger charge is -2.32. The molecule has 1 fully saturated rings. The number of thiocarbonyl (C=S) groups is 1. The first-order valence-electron chi connectivity index (χ1n) is 7.98. The monoisotopic (exact) mass is 400 g/mol. The van der Waals surface area contributed by atoms with E-state index in [9.17, 15) is 13.9 Å². The van der Waals surface area contributed by atoms with E-state index in [0.29, 0.717) is 30.6 Å². The SMILES string of the molecule is OC(CSC(=S)N1CCOCC1)(Cn1cncn1)c1ccc(F)cc1F. The van der Waals surface area contributed by atoms with Gasteiger partial charge in [0.15, 0.2) is 0 Å². The second-order valence-corrected chi connectivity index (χ2v) is 7.51. The Labute approximate surface area is 159 Å². The van der Waals surface area contributed by atoms with Gasteiger partial charge in [0.2, 0.25) is 0 Å². The number of thioether (sulfide) groups is 1. The van der Waals surface area contributed by atoms with E-state index in [0.717, 1.165) is 12.1 Å². The zero-order valence-corrected chi connectivity index (χ0v) is 15.5. The van der Waals surface area contributed by atoms with E-state index >= 15 is 0 Å². The van der Waals surface area contributed by atoms with Crippen LogP contribution in [-0.4, -0.2) is 61.1 Å². The number of morpholine rings is 1. The summed E-state index contributed by atoms with van der Waals surface area (Å²) in [5, 5.41) is 15.2. The Balaban J connectivity index is 1.79. The van der Waals surface area contributed by atoms with Gasteiger partial charge in [-0.05, 0) is 6.07 Å². The summed E-state index contributed by atoms with van der Waals surface area (Å²) in [6.07, 6.45) is 2.75. The van der Waals surface area contributed by atoms with E-state index in [2.05, 4.69) is 10.1 Å². The molecule has 1 N–H and O–H groups in total. The van der Waals surface area contributed by atoms with Crippen LogP contribution in [0.15, 0.2) is 30.9 Å².